The number of nitrogens with zero attached hydrogens (tertiary/aromatic N) is 1. The lowest BCUT2D eigenvalue weighted by Gasteiger charge is -2.37. The SMILES string of the molecule is Cc1cn([C@H]2C[C@H](CCN)[C@@H](COP(=O)([O-])OP(=O)([O-])OP(=O)([O-])[O-])O2)c(=O)[nH]c1=O. The molecule has 1 aliphatic rings. The summed E-state index contributed by atoms with van der Waals surface area (Å²) in [6.45, 7) is 0.832. The molecule has 0 bridgehead atoms. The second-order valence-corrected chi connectivity index (χ2v) is 10.7. The van der Waals surface area contributed by atoms with Gasteiger partial charge < -0.3 is 39.1 Å². The van der Waals surface area contributed by atoms with Crippen molar-refractivity contribution in [3.63, 3.8) is 0 Å². The molecule has 0 aromatic carbocycles. The highest BCUT2D eigenvalue weighted by Gasteiger charge is 2.37. The third-order valence-electron chi connectivity index (χ3n) is 4.15. The molecule has 1 aliphatic heterocycles. The third kappa shape index (κ3) is 7.82. The Labute approximate surface area is 174 Å². The minimum atomic E-state index is -6.10. The quantitative estimate of drug-likeness (QED) is 0.299. The number of hydrogen-bond acceptors (Lipinski definition) is 14. The van der Waals surface area contributed by atoms with Crippen LogP contribution in [0.3, 0.4) is 0 Å². The van der Waals surface area contributed by atoms with E-state index in [9.17, 15) is 42.9 Å². The molecule has 31 heavy (non-hydrogen) atoms. The second-order valence-electron chi connectivity index (χ2n) is 6.48. The molecular weight excluding hydrogens is 487 g/mol. The van der Waals surface area contributed by atoms with Crippen LogP contribution >= 0.6 is 23.5 Å². The van der Waals surface area contributed by atoms with Crippen molar-refractivity contribution in [3.8, 4) is 0 Å². The van der Waals surface area contributed by atoms with E-state index in [4.69, 9.17) is 10.5 Å². The van der Waals surface area contributed by atoms with Crippen LogP contribution < -0.4 is 36.6 Å². The van der Waals surface area contributed by atoms with Crippen molar-refractivity contribution in [3.05, 3.63) is 32.6 Å². The van der Waals surface area contributed by atoms with Gasteiger partial charge in [0.15, 0.2) is 0 Å². The van der Waals surface area contributed by atoms with E-state index in [1.165, 1.54) is 13.1 Å². The summed E-state index contributed by atoms with van der Waals surface area (Å²) >= 11 is 0. The molecule has 0 radical (unpaired) electrons. The van der Waals surface area contributed by atoms with Crippen LogP contribution in [-0.4, -0.2) is 28.8 Å². The van der Waals surface area contributed by atoms with Crippen LogP contribution in [0.5, 0.6) is 0 Å². The molecule has 19 heteroatoms. The summed E-state index contributed by atoms with van der Waals surface area (Å²) in [6, 6.07) is 0. The largest absolute Gasteiger partial charge is 0.790 e. The van der Waals surface area contributed by atoms with Crippen molar-refractivity contribution in [2.24, 2.45) is 11.7 Å². The maximum atomic E-state index is 12.0. The van der Waals surface area contributed by atoms with Gasteiger partial charge in [-0.05, 0) is 32.2 Å². The first-order valence-electron chi connectivity index (χ1n) is 8.51. The fourth-order valence-electron chi connectivity index (χ4n) is 2.90. The Morgan fingerprint density at radius 2 is 1.84 bits per heavy atom. The molecule has 1 aromatic rings. The van der Waals surface area contributed by atoms with Gasteiger partial charge in [-0.15, -0.1) is 0 Å². The molecule has 1 aromatic heterocycles. The molecule has 0 amide bonds. The first-order valence-corrected chi connectivity index (χ1v) is 12.9. The Bertz CT molecular complexity index is 1050. The van der Waals surface area contributed by atoms with Gasteiger partial charge in [0.2, 0.25) is 0 Å². The van der Waals surface area contributed by atoms with Crippen LogP contribution in [0.15, 0.2) is 15.8 Å². The van der Waals surface area contributed by atoms with Gasteiger partial charge in [0.25, 0.3) is 21.2 Å². The zero-order valence-corrected chi connectivity index (χ0v) is 18.5. The molecule has 2 rings (SSSR count). The smallest absolute Gasteiger partial charge is 0.330 e. The molecule has 2 unspecified atom stereocenters. The van der Waals surface area contributed by atoms with Gasteiger partial charge in [0.05, 0.1) is 20.5 Å². The Morgan fingerprint density at radius 1 is 1.19 bits per heavy atom. The molecule has 1 fully saturated rings. The number of aromatic amines is 1. The maximum Gasteiger partial charge on any atom is 0.330 e. The number of H-pyrrole nitrogens is 1. The molecule has 178 valence electrons. The highest BCUT2D eigenvalue weighted by atomic mass is 31.3. The molecule has 0 aliphatic carbocycles. The van der Waals surface area contributed by atoms with Crippen molar-refractivity contribution in [1.29, 1.82) is 0 Å². The zero-order valence-electron chi connectivity index (χ0n) is 15.8. The first-order chi connectivity index (χ1) is 14.1. The van der Waals surface area contributed by atoms with E-state index < -0.39 is 59.6 Å². The van der Waals surface area contributed by atoms with Crippen molar-refractivity contribution >= 4 is 23.5 Å². The van der Waals surface area contributed by atoms with Crippen molar-refractivity contribution in [2.45, 2.75) is 32.1 Å². The van der Waals surface area contributed by atoms with Gasteiger partial charge in [-0.3, -0.25) is 27.8 Å². The van der Waals surface area contributed by atoms with Gasteiger partial charge in [0.1, 0.15) is 6.23 Å². The number of aromatic nitrogens is 2. The topological polar surface area (TPSA) is 261 Å². The predicted octanol–water partition coefficient (Wildman–Crippen LogP) is -3.09. The minimum absolute atomic E-state index is 0.161. The van der Waals surface area contributed by atoms with Crippen molar-refractivity contribution in [1.82, 2.24) is 9.55 Å². The van der Waals surface area contributed by atoms with E-state index in [0.717, 1.165) is 4.57 Å². The molecular formula is C12H18N3O13P3-4. The molecule has 3 N–H and O–H groups in total. The van der Waals surface area contributed by atoms with E-state index in [0.29, 0.717) is 6.42 Å². The number of nitrogens with one attached hydrogen (secondary N) is 1. The Kier molecular flexibility index (Phi) is 8.37. The Hall–Kier alpha value is -0.990. The summed E-state index contributed by atoms with van der Waals surface area (Å²) in [7, 11) is -17.9. The van der Waals surface area contributed by atoms with Crippen LogP contribution in [0.4, 0.5) is 0 Å². The van der Waals surface area contributed by atoms with Crippen LogP contribution in [-0.2, 0) is 31.6 Å². The number of ether oxygens (including phenoxy) is 1. The zero-order chi connectivity index (χ0) is 23.6. The van der Waals surface area contributed by atoms with Gasteiger partial charge in [0, 0.05) is 11.8 Å². The minimum Gasteiger partial charge on any atom is -0.790 e. The molecule has 1 saturated heterocycles. The monoisotopic (exact) mass is 505 g/mol. The van der Waals surface area contributed by atoms with Gasteiger partial charge in [-0.1, -0.05) is 0 Å². The second kappa shape index (κ2) is 9.87. The van der Waals surface area contributed by atoms with E-state index in [1.54, 1.807) is 0 Å². The summed E-state index contributed by atoms with van der Waals surface area (Å²) in [5.41, 5.74) is 4.38. The highest BCUT2D eigenvalue weighted by molar-refractivity contribution is 7.64. The lowest BCUT2D eigenvalue weighted by Crippen LogP contribution is -2.33. The molecule has 0 spiro atoms. The number of phosphoric acid groups is 3. The van der Waals surface area contributed by atoms with Gasteiger partial charge in [-0.2, -0.15) is 0 Å². The number of aryl methyl sites for hydroxylation is 1. The molecule has 0 saturated carbocycles. The molecule has 16 nitrogen and oxygen atoms in total. The lowest BCUT2D eigenvalue weighted by molar-refractivity contribution is -0.339. The predicted molar refractivity (Wildman–Crippen MR) is 92.7 cm³/mol. The molecule has 2 heterocycles. The summed E-state index contributed by atoms with van der Waals surface area (Å²) in [5.74, 6) is -0.437. The molecule has 5 atom stereocenters. The van der Waals surface area contributed by atoms with Crippen molar-refractivity contribution in [2.75, 3.05) is 13.2 Å². The summed E-state index contributed by atoms with van der Waals surface area (Å²) in [4.78, 5) is 69.2. The summed E-state index contributed by atoms with van der Waals surface area (Å²) in [6.07, 6.45) is -0.175. The van der Waals surface area contributed by atoms with Crippen LogP contribution in [0.2, 0.25) is 0 Å². The maximum absolute atomic E-state index is 12.0. The third-order valence-corrected chi connectivity index (χ3v) is 7.82. The Balaban J connectivity index is 2.11. The normalized spacial score (nSPS) is 25.8. The number of phosphoric ester groups is 1. The van der Waals surface area contributed by atoms with E-state index in [-0.39, 0.29) is 18.5 Å². The highest BCUT2D eigenvalue weighted by Crippen LogP contribution is 2.60. The summed E-state index contributed by atoms with van der Waals surface area (Å²) < 4.78 is 51.0. The van der Waals surface area contributed by atoms with Gasteiger partial charge >= 0.3 is 5.69 Å². The number of rotatable bonds is 10. The average molecular weight is 505 g/mol. The average Bonchev–Trinajstić information content (AvgIpc) is 2.96. The lowest BCUT2D eigenvalue weighted by atomic mass is 9.97. The first kappa shape index (κ1) is 26.3. The van der Waals surface area contributed by atoms with E-state index in [1.807, 2.05) is 0 Å². The number of nitrogens with two attached hydrogens (primary N) is 1. The fourth-order valence-corrected chi connectivity index (χ4v) is 5.76. The van der Waals surface area contributed by atoms with Crippen LogP contribution in [0.1, 0.15) is 24.6 Å². The fraction of sp³-hybridized carbons (Fsp3) is 0.667. The van der Waals surface area contributed by atoms with E-state index in [2.05, 4.69) is 18.1 Å². The van der Waals surface area contributed by atoms with Crippen molar-refractivity contribution < 1.29 is 51.2 Å². The van der Waals surface area contributed by atoms with Crippen LogP contribution in [0, 0.1) is 12.8 Å². The van der Waals surface area contributed by atoms with Crippen LogP contribution in [0.25, 0.3) is 0 Å². The summed E-state index contributed by atoms with van der Waals surface area (Å²) in [5, 5.41) is 0. The Morgan fingerprint density at radius 3 is 2.42 bits per heavy atom. The van der Waals surface area contributed by atoms with E-state index >= 15 is 0 Å². The standard InChI is InChI=1S/C12H22N3O13P3/c1-7-5-15(12(17)14-11(7)16)10-4-8(2-3-13)9(26-10)6-25-30(21,22)28-31(23,24)27-29(18,19)20/h5,8-10H,2-4,6,13H2,1H3,(H,21,22)(H,23,24)(H,14,16,17)(H2,18,19,20)/p-4/t8-,9+,10+/m0/s1. The number of hydrogen-bond donors (Lipinski definition) is 2. The van der Waals surface area contributed by atoms with Gasteiger partial charge in [-0.25, -0.2) is 9.11 Å².